The summed E-state index contributed by atoms with van der Waals surface area (Å²) in [7, 11) is 0. The maximum absolute atomic E-state index is 12.0. The lowest BCUT2D eigenvalue weighted by molar-refractivity contribution is -0.147. The second-order valence-corrected chi connectivity index (χ2v) is 7.04. The smallest absolute Gasteiger partial charge is 0.325 e. The topological polar surface area (TPSA) is 84.5 Å². The third-order valence-electron chi connectivity index (χ3n) is 4.61. The molecule has 6 heteroatoms. The van der Waals surface area contributed by atoms with Gasteiger partial charge in [-0.3, -0.25) is 14.4 Å². The van der Waals surface area contributed by atoms with Gasteiger partial charge in [-0.05, 0) is 36.5 Å². The lowest BCUT2D eigenvalue weighted by atomic mass is 9.89. The molecule has 0 aromatic heterocycles. The molecule has 6 nitrogen and oxygen atoms in total. The van der Waals surface area contributed by atoms with Crippen LogP contribution in [0, 0.1) is 5.92 Å². The number of amides is 2. The standard InChI is InChI=1S/C20H28N2O4/c1-14(2)15-8-10-17(11-9-15)22-18(23)13-26-19(24)12-21-20(25)16-6-4-3-5-7-16/h8-11,14,16H,3-7,12-13H2,1-2H3,(H,21,25)(H,22,23). The van der Waals surface area contributed by atoms with Gasteiger partial charge in [0.1, 0.15) is 6.54 Å². The van der Waals surface area contributed by atoms with Crippen LogP contribution in [0.2, 0.25) is 0 Å². The molecule has 1 aliphatic carbocycles. The van der Waals surface area contributed by atoms with Crippen LogP contribution >= 0.6 is 0 Å². The second-order valence-electron chi connectivity index (χ2n) is 7.04. The van der Waals surface area contributed by atoms with E-state index in [9.17, 15) is 14.4 Å². The first-order valence-electron chi connectivity index (χ1n) is 9.29. The van der Waals surface area contributed by atoms with E-state index in [1.54, 1.807) is 0 Å². The Hall–Kier alpha value is -2.37. The number of benzene rings is 1. The Morgan fingerprint density at radius 2 is 1.73 bits per heavy atom. The Labute approximate surface area is 154 Å². The molecule has 0 radical (unpaired) electrons. The van der Waals surface area contributed by atoms with E-state index in [0.29, 0.717) is 11.6 Å². The Kier molecular flexibility index (Phi) is 7.63. The van der Waals surface area contributed by atoms with Crippen molar-refractivity contribution in [2.45, 2.75) is 51.9 Å². The molecule has 1 aliphatic rings. The summed E-state index contributed by atoms with van der Waals surface area (Å²) in [5.41, 5.74) is 1.84. The fourth-order valence-electron chi connectivity index (χ4n) is 3.01. The lowest BCUT2D eigenvalue weighted by Gasteiger charge is -2.20. The van der Waals surface area contributed by atoms with E-state index in [-0.39, 0.29) is 25.0 Å². The van der Waals surface area contributed by atoms with Gasteiger partial charge in [0.2, 0.25) is 5.91 Å². The quantitative estimate of drug-likeness (QED) is 0.732. The van der Waals surface area contributed by atoms with Crippen molar-refractivity contribution in [3.05, 3.63) is 29.8 Å². The fourth-order valence-corrected chi connectivity index (χ4v) is 3.01. The molecule has 2 rings (SSSR count). The number of rotatable bonds is 7. The van der Waals surface area contributed by atoms with Crippen LogP contribution in [0.1, 0.15) is 57.4 Å². The van der Waals surface area contributed by atoms with Crippen LogP contribution in [0.4, 0.5) is 5.69 Å². The van der Waals surface area contributed by atoms with Gasteiger partial charge in [-0.1, -0.05) is 45.2 Å². The number of carbonyl (C=O) groups is 3. The number of carbonyl (C=O) groups excluding carboxylic acids is 3. The van der Waals surface area contributed by atoms with Crippen LogP contribution in [-0.2, 0) is 19.1 Å². The minimum Gasteiger partial charge on any atom is -0.454 e. The fraction of sp³-hybridized carbons (Fsp3) is 0.550. The summed E-state index contributed by atoms with van der Waals surface area (Å²) in [6.07, 6.45) is 5.03. The number of hydrogen-bond donors (Lipinski definition) is 2. The van der Waals surface area contributed by atoms with Crippen LogP contribution in [0.15, 0.2) is 24.3 Å². The number of hydrogen-bond acceptors (Lipinski definition) is 4. The molecule has 0 bridgehead atoms. The zero-order chi connectivity index (χ0) is 18.9. The maximum atomic E-state index is 12.0. The molecule has 1 aromatic rings. The molecule has 1 aromatic carbocycles. The highest BCUT2D eigenvalue weighted by molar-refractivity contribution is 5.93. The second kappa shape index (κ2) is 9.94. The average Bonchev–Trinajstić information content (AvgIpc) is 2.65. The summed E-state index contributed by atoms with van der Waals surface area (Å²) in [6, 6.07) is 7.54. The Balaban J connectivity index is 1.66. The van der Waals surface area contributed by atoms with Crippen molar-refractivity contribution in [3.8, 4) is 0 Å². The predicted molar refractivity (Wildman–Crippen MR) is 99.7 cm³/mol. The average molecular weight is 360 g/mol. The van der Waals surface area contributed by atoms with E-state index in [4.69, 9.17) is 4.74 Å². The lowest BCUT2D eigenvalue weighted by Crippen LogP contribution is -2.36. The zero-order valence-corrected chi connectivity index (χ0v) is 15.5. The van der Waals surface area contributed by atoms with Crippen LogP contribution in [-0.4, -0.2) is 30.9 Å². The number of anilines is 1. The van der Waals surface area contributed by atoms with Gasteiger partial charge in [0.05, 0.1) is 0 Å². The van der Waals surface area contributed by atoms with Crippen molar-refractivity contribution in [1.82, 2.24) is 5.32 Å². The van der Waals surface area contributed by atoms with Crippen LogP contribution in [0.3, 0.4) is 0 Å². The molecular weight excluding hydrogens is 332 g/mol. The van der Waals surface area contributed by atoms with Crippen molar-refractivity contribution in [2.75, 3.05) is 18.5 Å². The molecule has 0 aliphatic heterocycles. The van der Waals surface area contributed by atoms with E-state index in [1.807, 2.05) is 24.3 Å². The minimum absolute atomic E-state index is 0.00587. The van der Waals surface area contributed by atoms with E-state index in [0.717, 1.165) is 25.7 Å². The first-order chi connectivity index (χ1) is 12.5. The van der Waals surface area contributed by atoms with Crippen molar-refractivity contribution < 1.29 is 19.1 Å². The van der Waals surface area contributed by atoms with Crippen LogP contribution < -0.4 is 10.6 Å². The van der Waals surface area contributed by atoms with Gasteiger partial charge in [-0.25, -0.2) is 0 Å². The Morgan fingerprint density at radius 1 is 1.08 bits per heavy atom. The molecule has 2 N–H and O–H groups in total. The highest BCUT2D eigenvalue weighted by Crippen LogP contribution is 2.23. The third-order valence-corrected chi connectivity index (χ3v) is 4.61. The summed E-state index contributed by atoms with van der Waals surface area (Å²) in [5, 5.41) is 5.27. The monoisotopic (exact) mass is 360 g/mol. The molecule has 0 saturated heterocycles. The first kappa shape index (κ1) is 19.9. The van der Waals surface area contributed by atoms with Crippen LogP contribution in [0.25, 0.3) is 0 Å². The minimum atomic E-state index is -0.612. The van der Waals surface area contributed by atoms with Gasteiger partial charge < -0.3 is 15.4 Å². The molecule has 1 fully saturated rings. The SMILES string of the molecule is CC(C)c1ccc(NC(=O)COC(=O)CNC(=O)C2CCCCC2)cc1. The molecule has 142 valence electrons. The van der Waals surface area contributed by atoms with Gasteiger partial charge in [-0.2, -0.15) is 0 Å². The predicted octanol–water partition coefficient (Wildman–Crippen LogP) is 2.99. The van der Waals surface area contributed by atoms with Gasteiger partial charge >= 0.3 is 5.97 Å². The first-order valence-corrected chi connectivity index (χ1v) is 9.29. The van der Waals surface area contributed by atoms with E-state index < -0.39 is 11.9 Å². The van der Waals surface area contributed by atoms with Crippen molar-refractivity contribution in [2.24, 2.45) is 5.92 Å². The van der Waals surface area contributed by atoms with Crippen molar-refractivity contribution >= 4 is 23.5 Å². The van der Waals surface area contributed by atoms with Gasteiger partial charge in [0, 0.05) is 11.6 Å². The molecule has 0 heterocycles. The molecular formula is C20H28N2O4. The van der Waals surface area contributed by atoms with Crippen molar-refractivity contribution in [3.63, 3.8) is 0 Å². The summed E-state index contributed by atoms with van der Waals surface area (Å²) in [5.74, 6) is -0.705. The Morgan fingerprint density at radius 3 is 2.35 bits per heavy atom. The molecule has 26 heavy (non-hydrogen) atoms. The largest absolute Gasteiger partial charge is 0.454 e. The van der Waals surface area contributed by atoms with Gasteiger partial charge in [-0.15, -0.1) is 0 Å². The zero-order valence-electron chi connectivity index (χ0n) is 15.5. The molecule has 2 amide bonds. The van der Waals surface area contributed by atoms with Gasteiger partial charge in [0.25, 0.3) is 5.91 Å². The molecule has 1 saturated carbocycles. The number of esters is 1. The molecule has 0 spiro atoms. The normalized spacial score (nSPS) is 14.7. The highest BCUT2D eigenvalue weighted by atomic mass is 16.5. The molecule has 0 atom stereocenters. The van der Waals surface area contributed by atoms with Crippen LogP contribution in [0.5, 0.6) is 0 Å². The Bertz CT molecular complexity index is 619. The number of ether oxygens (including phenoxy) is 1. The van der Waals surface area contributed by atoms with Crippen molar-refractivity contribution in [1.29, 1.82) is 0 Å². The van der Waals surface area contributed by atoms with E-state index >= 15 is 0 Å². The third kappa shape index (κ3) is 6.50. The van der Waals surface area contributed by atoms with E-state index in [1.165, 1.54) is 12.0 Å². The van der Waals surface area contributed by atoms with E-state index in [2.05, 4.69) is 24.5 Å². The summed E-state index contributed by atoms with van der Waals surface area (Å²) in [4.78, 5) is 35.5. The summed E-state index contributed by atoms with van der Waals surface area (Å²) in [6.45, 7) is 3.62. The molecule has 0 unspecified atom stereocenters. The highest BCUT2D eigenvalue weighted by Gasteiger charge is 2.21. The maximum Gasteiger partial charge on any atom is 0.325 e. The van der Waals surface area contributed by atoms with Gasteiger partial charge in [0.15, 0.2) is 6.61 Å². The summed E-state index contributed by atoms with van der Waals surface area (Å²) >= 11 is 0. The number of nitrogens with one attached hydrogen (secondary N) is 2. The summed E-state index contributed by atoms with van der Waals surface area (Å²) < 4.78 is 4.91.